The molecule has 0 saturated carbocycles. The number of anilines is 3. The highest BCUT2D eigenvalue weighted by Crippen LogP contribution is 2.35. The molecule has 0 fully saturated rings. The van der Waals surface area contributed by atoms with E-state index in [1.54, 1.807) is 0 Å². The first-order valence-electron chi connectivity index (χ1n) is 13.4. The van der Waals surface area contributed by atoms with Crippen LogP contribution in [0.15, 0.2) is 110 Å². The number of hydrogen-bond acceptors (Lipinski definition) is 6. The number of benzene rings is 2. The standard InChI is InChI=1S/C32H22N8/c1-2-10-18-17(9-1)25-33-26(18)38-28-21-13-5-6-14-22(21)30(35-28)40-32-24-16-8-7-15-23(24)31(36-32)39-29-20-12-4-3-11-19(20)27(34-29)37-25/h1-5,8-16,33,38H,6-7H2,(H,35,40)(H,34,36,37,39). The largest absolute Gasteiger partial charge is 0.327 e. The second-order valence-corrected chi connectivity index (χ2v) is 10.2. The number of aliphatic imine (C=N–C) groups is 3. The minimum atomic E-state index is 0.632. The van der Waals surface area contributed by atoms with Crippen molar-refractivity contribution in [2.75, 3.05) is 10.6 Å². The molecule has 2 aromatic heterocycles. The van der Waals surface area contributed by atoms with E-state index in [1.165, 1.54) is 0 Å². The van der Waals surface area contributed by atoms with Crippen LogP contribution < -0.4 is 21.3 Å². The summed E-state index contributed by atoms with van der Waals surface area (Å²) < 4.78 is 0. The van der Waals surface area contributed by atoms with Gasteiger partial charge in [0.2, 0.25) is 0 Å². The van der Waals surface area contributed by atoms with Crippen LogP contribution in [0.2, 0.25) is 0 Å². The second kappa shape index (κ2) is 8.00. The fourth-order valence-electron chi connectivity index (χ4n) is 5.94. The van der Waals surface area contributed by atoms with Crippen molar-refractivity contribution < 1.29 is 0 Å². The topological polar surface area (TPSA) is 105 Å². The highest BCUT2D eigenvalue weighted by atomic mass is 15.2. The lowest BCUT2D eigenvalue weighted by molar-refractivity contribution is 1.08. The molecule has 0 saturated heterocycles. The molecule has 2 aliphatic carbocycles. The van der Waals surface area contributed by atoms with Crippen LogP contribution in [0.25, 0.3) is 22.9 Å². The minimum Gasteiger partial charge on any atom is -0.327 e. The third-order valence-corrected chi connectivity index (χ3v) is 7.81. The van der Waals surface area contributed by atoms with Crippen LogP contribution in [0, 0.1) is 0 Å². The van der Waals surface area contributed by atoms with Crippen LogP contribution in [0.5, 0.6) is 0 Å². The van der Waals surface area contributed by atoms with Gasteiger partial charge in [-0.05, 0) is 12.8 Å². The molecule has 3 aliphatic heterocycles. The van der Waals surface area contributed by atoms with Crippen LogP contribution >= 0.6 is 0 Å². The van der Waals surface area contributed by atoms with Crippen molar-refractivity contribution in [2.45, 2.75) is 12.8 Å². The van der Waals surface area contributed by atoms with Gasteiger partial charge in [0.25, 0.3) is 0 Å². The first-order valence-corrected chi connectivity index (χ1v) is 13.4. The Bertz CT molecular complexity index is 2160. The Labute approximate surface area is 228 Å². The molecule has 5 heterocycles. The number of rotatable bonds is 0. The van der Waals surface area contributed by atoms with E-state index in [9.17, 15) is 0 Å². The van der Waals surface area contributed by atoms with Crippen molar-refractivity contribution >= 4 is 57.9 Å². The summed E-state index contributed by atoms with van der Waals surface area (Å²) in [5, 5.41) is 10.4. The molecule has 8 nitrogen and oxygen atoms in total. The van der Waals surface area contributed by atoms with E-state index in [1.807, 2.05) is 24.3 Å². The molecule has 40 heavy (non-hydrogen) atoms. The van der Waals surface area contributed by atoms with Gasteiger partial charge in [0, 0.05) is 43.8 Å². The highest BCUT2D eigenvalue weighted by Gasteiger charge is 2.28. The molecule has 190 valence electrons. The SMILES string of the molecule is C1=CC2=C3N=C(N=C4N=C(Nc5[nH]c(c6ccccc56)Nc5[nH]c(c6c5C=CCC=6)=N3)c3ccccc34)C2=CC1. The lowest BCUT2D eigenvalue weighted by atomic mass is 10.0. The Morgan fingerprint density at radius 1 is 0.625 bits per heavy atom. The summed E-state index contributed by atoms with van der Waals surface area (Å²) in [4.78, 5) is 27.2. The number of fused-ring (bicyclic) bond motifs is 17. The predicted octanol–water partition coefficient (Wildman–Crippen LogP) is 5.20. The summed E-state index contributed by atoms with van der Waals surface area (Å²) in [6.07, 6.45) is 14.6. The fourth-order valence-corrected chi connectivity index (χ4v) is 5.94. The number of aromatic nitrogens is 2. The van der Waals surface area contributed by atoms with Crippen LogP contribution in [0.3, 0.4) is 0 Å². The number of allylic oxidation sites excluding steroid dienone is 4. The molecule has 0 amide bonds. The van der Waals surface area contributed by atoms with E-state index < -0.39 is 0 Å². The highest BCUT2D eigenvalue weighted by molar-refractivity contribution is 6.29. The van der Waals surface area contributed by atoms with Gasteiger partial charge in [0.05, 0.1) is 0 Å². The van der Waals surface area contributed by atoms with Crippen molar-refractivity contribution in [1.82, 2.24) is 9.97 Å². The van der Waals surface area contributed by atoms with Crippen molar-refractivity contribution in [2.24, 2.45) is 20.0 Å². The van der Waals surface area contributed by atoms with E-state index in [2.05, 4.69) is 81.3 Å². The Kier molecular flexibility index (Phi) is 4.29. The summed E-state index contributed by atoms with van der Waals surface area (Å²) >= 11 is 0. The van der Waals surface area contributed by atoms with E-state index in [0.717, 1.165) is 85.4 Å². The summed E-state index contributed by atoms with van der Waals surface area (Å²) in [6.45, 7) is 0. The number of aromatic amines is 2. The molecule has 4 aromatic rings. The summed E-state index contributed by atoms with van der Waals surface area (Å²) in [6, 6.07) is 16.5. The number of hydrogen-bond donors (Lipinski definition) is 4. The lowest BCUT2D eigenvalue weighted by Gasteiger charge is -2.07. The average molecular weight is 519 g/mol. The zero-order valence-electron chi connectivity index (χ0n) is 21.3. The molecule has 0 atom stereocenters. The lowest BCUT2D eigenvalue weighted by Crippen LogP contribution is -2.25. The van der Waals surface area contributed by atoms with Gasteiger partial charge in [-0.2, -0.15) is 0 Å². The van der Waals surface area contributed by atoms with Gasteiger partial charge >= 0.3 is 0 Å². The molecular formula is C32H22N8. The predicted molar refractivity (Wildman–Crippen MR) is 161 cm³/mol. The maximum Gasteiger partial charge on any atom is 0.164 e. The van der Waals surface area contributed by atoms with Crippen LogP contribution in [-0.4, -0.2) is 27.5 Å². The first-order chi connectivity index (χ1) is 19.8. The number of H-pyrrole nitrogens is 2. The molecule has 0 unspecified atom stereocenters. The molecule has 5 aliphatic rings. The third kappa shape index (κ3) is 3.07. The molecule has 8 bridgehead atoms. The van der Waals surface area contributed by atoms with E-state index >= 15 is 0 Å². The van der Waals surface area contributed by atoms with Crippen molar-refractivity contribution in [1.29, 1.82) is 0 Å². The van der Waals surface area contributed by atoms with Crippen molar-refractivity contribution in [3.05, 3.63) is 117 Å². The summed E-state index contributed by atoms with van der Waals surface area (Å²) in [5.74, 6) is 5.27. The van der Waals surface area contributed by atoms with Crippen molar-refractivity contribution in [3.63, 3.8) is 0 Å². The Morgan fingerprint density at radius 3 is 2.30 bits per heavy atom. The third-order valence-electron chi connectivity index (χ3n) is 7.81. The van der Waals surface area contributed by atoms with E-state index in [-0.39, 0.29) is 0 Å². The van der Waals surface area contributed by atoms with Gasteiger partial charge in [0.15, 0.2) is 17.5 Å². The zero-order valence-corrected chi connectivity index (χ0v) is 21.3. The molecule has 0 spiro atoms. The number of nitrogens with zero attached hydrogens (tertiary/aromatic N) is 4. The summed E-state index contributed by atoms with van der Waals surface area (Å²) in [5.41, 5.74) is 5.78. The second-order valence-electron chi connectivity index (χ2n) is 10.2. The maximum absolute atomic E-state index is 5.08. The normalized spacial score (nSPS) is 17.9. The van der Waals surface area contributed by atoms with Gasteiger partial charge in [-0.25, -0.2) is 20.0 Å². The van der Waals surface area contributed by atoms with Gasteiger partial charge in [0.1, 0.15) is 28.8 Å². The van der Waals surface area contributed by atoms with Gasteiger partial charge in [-0.15, -0.1) is 0 Å². The van der Waals surface area contributed by atoms with E-state index in [4.69, 9.17) is 20.0 Å². The fraction of sp³-hybridized carbons (Fsp3) is 0.0625. The van der Waals surface area contributed by atoms with Crippen LogP contribution in [-0.2, 0) is 0 Å². The number of nitrogens with one attached hydrogen (secondary N) is 4. The molecule has 2 aromatic carbocycles. The molecule has 9 rings (SSSR count). The Balaban J connectivity index is 1.35. The quantitative estimate of drug-likeness (QED) is 0.257. The minimum absolute atomic E-state index is 0.632. The van der Waals surface area contributed by atoms with Gasteiger partial charge < -0.3 is 20.6 Å². The van der Waals surface area contributed by atoms with Crippen molar-refractivity contribution in [3.8, 4) is 0 Å². The Morgan fingerprint density at radius 2 is 1.40 bits per heavy atom. The molecule has 4 N–H and O–H groups in total. The van der Waals surface area contributed by atoms with Gasteiger partial charge in [-0.3, -0.25) is 0 Å². The van der Waals surface area contributed by atoms with E-state index in [0.29, 0.717) is 17.5 Å². The maximum atomic E-state index is 5.08. The summed E-state index contributed by atoms with van der Waals surface area (Å²) in [7, 11) is 0. The number of amidine groups is 3. The molecular weight excluding hydrogens is 496 g/mol. The Hall–Kier alpha value is -5.50. The molecule has 0 radical (unpaired) electrons. The zero-order chi connectivity index (χ0) is 26.2. The molecule has 8 heteroatoms. The smallest absolute Gasteiger partial charge is 0.164 e. The van der Waals surface area contributed by atoms with Crippen LogP contribution in [0.4, 0.5) is 17.5 Å². The first kappa shape index (κ1) is 21.4. The van der Waals surface area contributed by atoms with Crippen LogP contribution in [0.1, 0.15) is 29.5 Å². The van der Waals surface area contributed by atoms with Gasteiger partial charge in [-0.1, -0.05) is 85.0 Å². The monoisotopic (exact) mass is 518 g/mol. The average Bonchev–Trinajstić information content (AvgIpc) is 3.73.